The SMILES string of the molecule is CCNS(=O)(=O)c1ccc(OC2CCC2)c(C(=O)N2CCN(c3ccc(C(F)(F)F)cc3)CC2)c1. The largest absolute Gasteiger partial charge is 0.490 e. The molecule has 4 rings (SSSR count). The number of alkyl halides is 3. The lowest BCUT2D eigenvalue weighted by Crippen LogP contribution is -2.49. The van der Waals surface area contributed by atoms with Gasteiger partial charge in [-0.25, -0.2) is 13.1 Å². The molecule has 1 N–H and O–H groups in total. The first-order valence-corrected chi connectivity index (χ1v) is 13.1. The molecule has 35 heavy (non-hydrogen) atoms. The average Bonchev–Trinajstić information content (AvgIpc) is 2.80. The zero-order chi connectivity index (χ0) is 25.2. The molecule has 1 saturated carbocycles. The highest BCUT2D eigenvalue weighted by Crippen LogP contribution is 2.32. The van der Waals surface area contributed by atoms with Crippen molar-refractivity contribution in [2.45, 2.75) is 43.4 Å². The minimum Gasteiger partial charge on any atom is -0.490 e. The number of ether oxygens (including phenoxy) is 1. The lowest BCUT2D eigenvalue weighted by Gasteiger charge is -2.36. The van der Waals surface area contributed by atoms with E-state index in [0.717, 1.165) is 31.4 Å². The second-order valence-corrected chi connectivity index (χ2v) is 10.4. The van der Waals surface area contributed by atoms with E-state index in [-0.39, 0.29) is 29.0 Å². The van der Waals surface area contributed by atoms with Crippen LogP contribution in [0.15, 0.2) is 47.4 Å². The molecular formula is C24H28F3N3O4S. The van der Waals surface area contributed by atoms with Crippen LogP contribution in [0.25, 0.3) is 0 Å². The summed E-state index contributed by atoms with van der Waals surface area (Å²) in [6.45, 7) is 3.45. The van der Waals surface area contributed by atoms with Crippen LogP contribution in [0.2, 0.25) is 0 Å². The second-order valence-electron chi connectivity index (χ2n) is 8.65. The molecule has 1 heterocycles. The third kappa shape index (κ3) is 5.72. The molecule has 0 atom stereocenters. The molecule has 1 aliphatic carbocycles. The number of halogens is 3. The van der Waals surface area contributed by atoms with Crippen molar-refractivity contribution in [1.82, 2.24) is 9.62 Å². The van der Waals surface area contributed by atoms with E-state index in [9.17, 15) is 26.4 Å². The predicted molar refractivity (Wildman–Crippen MR) is 125 cm³/mol. The van der Waals surface area contributed by atoms with Crippen LogP contribution >= 0.6 is 0 Å². The van der Waals surface area contributed by atoms with Gasteiger partial charge in [0.1, 0.15) is 5.75 Å². The predicted octanol–water partition coefficient (Wildman–Crippen LogP) is 3.90. The number of rotatable bonds is 7. The van der Waals surface area contributed by atoms with Gasteiger partial charge in [-0.05, 0) is 61.7 Å². The van der Waals surface area contributed by atoms with E-state index in [4.69, 9.17) is 4.74 Å². The van der Waals surface area contributed by atoms with Crippen LogP contribution in [0.4, 0.5) is 18.9 Å². The number of piperazine rings is 1. The van der Waals surface area contributed by atoms with Crippen LogP contribution in [0, 0.1) is 0 Å². The Kier molecular flexibility index (Phi) is 7.27. The van der Waals surface area contributed by atoms with Gasteiger partial charge in [0.2, 0.25) is 10.0 Å². The highest BCUT2D eigenvalue weighted by atomic mass is 32.2. The molecule has 0 radical (unpaired) electrons. The standard InChI is InChI=1S/C24H28F3N3O4S/c1-2-28-35(32,33)20-10-11-22(34-19-4-3-5-19)21(16-20)23(31)30-14-12-29(13-15-30)18-8-6-17(7-9-18)24(25,26)27/h6-11,16,19,28H,2-5,12-15H2,1H3. The Balaban J connectivity index is 1.50. The molecule has 2 aromatic carbocycles. The Morgan fingerprint density at radius 1 is 1.06 bits per heavy atom. The molecule has 2 fully saturated rings. The minimum atomic E-state index is -4.39. The van der Waals surface area contributed by atoms with Crippen LogP contribution in [0.5, 0.6) is 5.75 Å². The first-order valence-electron chi connectivity index (χ1n) is 11.6. The summed E-state index contributed by atoms with van der Waals surface area (Å²) in [5.74, 6) is 0.0280. The molecule has 0 aromatic heterocycles. The van der Waals surface area contributed by atoms with Crippen LogP contribution in [-0.4, -0.2) is 58.1 Å². The molecule has 2 aliphatic rings. The molecule has 7 nitrogen and oxygen atoms in total. The van der Waals surface area contributed by atoms with Gasteiger partial charge < -0.3 is 14.5 Å². The molecule has 2 aromatic rings. The second kappa shape index (κ2) is 10.1. The van der Waals surface area contributed by atoms with Gasteiger partial charge in [-0.15, -0.1) is 0 Å². The van der Waals surface area contributed by atoms with E-state index in [2.05, 4.69) is 4.72 Å². The number of hydrogen-bond acceptors (Lipinski definition) is 5. The van der Waals surface area contributed by atoms with Crippen molar-refractivity contribution in [3.8, 4) is 5.75 Å². The van der Waals surface area contributed by atoms with Gasteiger partial charge in [-0.1, -0.05) is 6.92 Å². The third-order valence-electron chi connectivity index (χ3n) is 6.30. The fourth-order valence-corrected chi connectivity index (χ4v) is 5.15. The van der Waals surface area contributed by atoms with Crippen LogP contribution in [-0.2, 0) is 16.2 Å². The van der Waals surface area contributed by atoms with Crippen molar-refractivity contribution >= 4 is 21.6 Å². The maximum absolute atomic E-state index is 13.4. The zero-order valence-corrected chi connectivity index (χ0v) is 20.2. The van der Waals surface area contributed by atoms with Crippen molar-refractivity contribution in [2.24, 2.45) is 0 Å². The van der Waals surface area contributed by atoms with Crippen molar-refractivity contribution in [1.29, 1.82) is 0 Å². The topological polar surface area (TPSA) is 78.9 Å². The summed E-state index contributed by atoms with van der Waals surface area (Å²) in [6.07, 6.45) is -1.56. The molecule has 1 aliphatic heterocycles. The molecule has 0 bridgehead atoms. The number of nitrogens with one attached hydrogen (secondary N) is 1. The Morgan fingerprint density at radius 2 is 1.71 bits per heavy atom. The van der Waals surface area contributed by atoms with E-state index in [0.29, 0.717) is 37.6 Å². The van der Waals surface area contributed by atoms with E-state index >= 15 is 0 Å². The van der Waals surface area contributed by atoms with Crippen molar-refractivity contribution in [3.63, 3.8) is 0 Å². The van der Waals surface area contributed by atoms with Gasteiger partial charge in [-0.2, -0.15) is 13.2 Å². The summed E-state index contributed by atoms with van der Waals surface area (Å²) in [4.78, 5) is 17.0. The molecule has 0 spiro atoms. The average molecular weight is 512 g/mol. The Labute approximate surface area is 202 Å². The number of anilines is 1. The van der Waals surface area contributed by atoms with Crippen LogP contribution < -0.4 is 14.4 Å². The quantitative estimate of drug-likeness (QED) is 0.610. The Hall–Kier alpha value is -2.79. The zero-order valence-electron chi connectivity index (χ0n) is 19.3. The first kappa shape index (κ1) is 25.3. The van der Waals surface area contributed by atoms with Gasteiger partial charge in [0.15, 0.2) is 0 Å². The molecule has 1 saturated heterocycles. The lowest BCUT2D eigenvalue weighted by atomic mass is 9.96. The molecule has 190 valence electrons. The Morgan fingerprint density at radius 3 is 2.26 bits per heavy atom. The van der Waals surface area contributed by atoms with Gasteiger partial charge in [0.05, 0.1) is 22.1 Å². The van der Waals surface area contributed by atoms with Crippen molar-refractivity contribution < 1.29 is 31.1 Å². The fourth-order valence-electron chi connectivity index (χ4n) is 4.09. The number of carbonyl (C=O) groups is 1. The summed E-state index contributed by atoms with van der Waals surface area (Å²) in [6, 6.07) is 9.29. The van der Waals surface area contributed by atoms with E-state index in [1.165, 1.54) is 30.3 Å². The summed E-state index contributed by atoms with van der Waals surface area (Å²) >= 11 is 0. The van der Waals surface area contributed by atoms with Gasteiger partial charge in [0.25, 0.3) is 5.91 Å². The van der Waals surface area contributed by atoms with E-state index in [1.807, 2.05) is 4.90 Å². The monoisotopic (exact) mass is 511 g/mol. The smallest absolute Gasteiger partial charge is 0.416 e. The number of hydrogen-bond donors (Lipinski definition) is 1. The third-order valence-corrected chi connectivity index (χ3v) is 7.84. The fraction of sp³-hybridized carbons (Fsp3) is 0.458. The highest BCUT2D eigenvalue weighted by molar-refractivity contribution is 7.89. The minimum absolute atomic E-state index is 0.00736. The maximum Gasteiger partial charge on any atom is 0.416 e. The summed E-state index contributed by atoms with van der Waals surface area (Å²) in [5.41, 5.74) is 0.137. The highest BCUT2D eigenvalue weighted by Gasteiger charge is 2.31. The summed E-state index contributed by atoms with van der Waals surface area (Å²) < 4.78 is 72.0. The van der Waals surface area contributed by atoms with Gasteiger partial charge in [0, 0.05) is 38.4 Å². The molecular weight excluding hydrogens is 483 g/mol. The van der Waals surface area contributed by atoms with E-state index in [1.54, 1.807) is 11.8 Å². The summed E-state index contributed by atoms with van der Waals surface area (Å²) in [7, 11) is -3.76. The van der Waals surface area contributed by atoms with Crippen LogP contribution in [0.3, 0.4) is 0 Å². The van der Waals surface area contributed by atoms with Gasteiger partial charge in [-0.3, -0.25) is 4.79 Å². The Bertz CT molecular complexity index is 1160. The van der Waals surface area contributed by atoms with E-state index < -0.39 is 21.8 Å². The van der Waals surface area contributed by atoms with Crippen molar-refractivity contribution in [3.05, 3.63) is 53.6 Å². The maximum atomic E-state index is 13.4. The van der Waals surface area contributed by atoms with Crippen LogP contribution in [0.1, 0.15) is 42.1 Å². The summed E-state index contributed by atoms with van der Waals surface area (Å²) in [5, 5.41) is 0. The lowest BCUT2D eigenvalue weighted by molar-refractivity contribution is -0.137. The molecule has 11 heteroatoms. The van der Waals surface area contributed by atoms with Gasteiger partial charge >= 0.3 is 6.18 Å². The van der Waals surface area contributed by atoms with Crippen molar-refractivity contribution in [2.75, 3.05) is 37.6 Å². The number of carbonyl (C=O) groups excluding carboxylic acids is 1. The molecule has 1 amide bonds. The number of amides is 1. The number of nitrogens with zero attached hydrogens (tertiary/aromatic N) is 2. The number of benzene rings is 2. The first-order chi connectivity index (χ1) is 16.6. The molecule has 0 unspecified atom stereocenters. The number of sulfonamides is 1. The normalized spacial score (nSPS) is 17.3.